The average molecular weight is 329 g/mol. The van der Waals surface area contributed by atoms with Gasteiger partial charge in [0, 0.05) is 0 Å². The summed E-state index contributed by atoms with van der Waals surface area (Å²) in [5.74, 6) is -5.60. The van der Waals surface area contributed by atoms with Crippen molar-refractivity contribution in [2.24, 2.45) is 0 Å². The van der Waals surface area contributed by atoms with Crippen LogP contribution in [0, 0.1) is 0 Å². The lowest BCUT2D eigenvalue weighted by atomic mass is 10.2. The second-order valence-electron chi connectivity index (χ2n) is 3.87. The molecule has 0 aliphatic heterocycles. The lowest BCUT2D eigenvalue weighted by molar-refractivity contribution is -0.123. The van der Waals surface area contributed by atoms with Crippen LogP contribution in [-0.4, -0.2) is 36.0 Å². The number of alkyl halides is 4. The molecule has 0 atom stereocenters. The number of carboxylic acids is 1. The molecule has 10 heteroatoms. The van der Waals surface area contributed by atoms with E-state index in [1.807, 2.05) is 5.32 Å². The molecule has 0 bridgehead atoms. The minimum atomic E-state index is -4.35. The summed E-state index contributed by atoms with van der Waals surface area (Å²) in [5.41, 5.74) is -0.199. The van der Waals surface area contributed by atoms with Gasteiger partial charge >= 0.3 is 24.3 Å². The second-order valence-corrected chi connectivity index (χ2v) is 4.28. The van der Waals surface area contributed by atoms with Gasteiger partial charge in [-0.05, 0) is 18.2 Å². The van der Waals surface area contributed by atoms with Crippen molar-refractivity contribution in [1.82, 2.24) is 5.32 Å². The van der Waals surface area contributed by atoms with Crippen LogP contribution in [0.1, 0.15) is 10.4 Å². The molecule has 0 spiro atoms. The highest BCUT2D eigenvalue weighted by atomic mass is 35.5. The lowest BCUT2D eigenvalue weighted by Crippen LogP contribution is -2.43. The number of amides is 2. The molecule has 1 rings (SSSR count). The zero-order chi connectivity index (χ0) is 16.2. The number of hydrogen-bond acceptors (Lipinski definition) is 2. The summed E-state index contributed by atoms with van der Waals surface area (Å²) in [4.78, 5) is 21.9. The van der Waals surface area contributed by atoms with E-state index in [-0.39, 0.29) is 16.3 Å². The number of urea groups is 1. The summed E-state index contributed by atoms with van der Waals surface area (Å²) in [5, 5.41) is 12.1. The molecule has 0 aliphatic rings. The van der Waals surface area contributed by atoms with E-state index in [1.165, 1.54) is 0 Å². The third kappa shape index (κ3) is 4.78. The minimum absolute atomic E-state index is 0.0560. The van der Waals surface area contributed by atoms with Crippen LogP contribution < -0.4 is 10.6 Å². The van der Waals surface area contributed by atoms with Crippen LogP contribution in [0.2, 0.25) is 5.02 Å². The number of anilines is 1. The van der Waals surface area contributed by atoms with Gasteiger partial charge in [-0.2, -0.15) is 8.78 Å². The Morgan fingerprint density at radius 1 is 1.33 bits per heavy atom. The number of rotatable bonds is 5. The Kier molecular flexibility index (Phi) is 5.36. The van der Waals surface area contributed by atoms with Crippen molar-refractivity contribution in [3.05, 3.63) is 28.8 Å². The molecule has 0 aliphatic carbocycles. The molecule has 3 N–H and O–H groups in total. The van der Waals surface area contributed by atoms with Crippen molar-refractivity contribution >= 4 is 29.3 Å². The van der Waals surface area contributed by atoms with Crippen molar-refractivity contribution in [3.63, 3.8) is 0 Å². The molecule has 2 amide bonds. The van der Waals surface area contributed by atoms with E-state index in [1.54, 1.807) is 5.32 Å². The van der Waals surface area contributed by atoms with Crippen LogP contribution in [0.5, 0.6) is 0 Å². The number of nitrogens with one attached hydrogen (secondary N) is 2. The van der Waals surface area contributed by atoms with E-state index >= 15 is 0 Å². The highest BCUT2D eigenvalue weighted by Crippen LogP contribution is 2.24. The predicted octanol–water partition coefficient (Wildman–Crippen LogP) is 3.06. The molecule has 21 heavy (non-hydrogen) atoms. The summed E-state index contributed by atoms with van der Waals surface area (Å²) in [6.45, 7) is -1.55. The zero-order valence-corrected chi connectivity index (χ0v) is 10.9. The first-order valence-corrected chi connectivity index (χ1v) is 5.75. The standard InChI is InChI=1S/C11H9ClF4N2O3/c12-6-3-5(8(19)20)1-2-7(6)18-10(21)17-4-11(15,16)9(13)14/h1-3,9H,4H2,(H,19,20)(H2,17,18,21). The molecule has 1 aromatic carbocycles. The normalized spacial score (nSPS) is 11.3. The number of benzene rings is 1. The topological polar surface area (TPSA) is 78.4 Å². The van der Waals surface area contributed by atoms with Crippen LogP contribution >= 0.6 is 11.6 Å². The number of carbonyl (C=O) groups is 2. The van der Waals surface area contributed by atoms with Crippen molar-refractivity contribution in [3.8, 4) is 0 Å². The quantitative estimate of drug-likeness (QED) is 0.727. The van der Waals surface area contributed by atoms with Gasteiger partial charge < -0.3 is 15.7 Å². The second kappa shape index (κ2) is 6.61. The highest BCUT2D eigenvalue weighted by molar-refractivity contribution is 6.34. The zero-order valence-electron chi connectivity index (χ0n) is 10.2. The van der Waals surface area contributed by atoms with Crippen molar-refractivity contribution in [2.45, 2.75) is 12.3 Å². The van der Waals surface area contributed by atoms with Crippen LogP contribution in [0.3, 0.4) is 0 Å². The molecule has 0 saturated carbocycles. The minimum Gasteiger partial charge on any atom is -0.478 e. The molecule has 0 aromatic heterocycles. The Morgan fingerprint density at radius 3 is 2.43 bits per heavy atom. The van der Waals surface area contributed by atoms with Gasteiger partial charge in [0.05, 0.1) is 22.8 Å². The molecule has 5 nitrogen and oxygen atoms in total. The smallest absolute Gasteiger partial charge is 0.335 e. The fourth-order valence-corrected chi connectivity index (χ4v) is 1.42. The van der Waals surface area contributed by atoms with Gasteiger partial charge in [-0.15, -0.1) is 0 Å². The Labute approximate surface area is 120 Å². The summed E-state index contributed by atoms with van der Waals surface area (Å²) in [6, 6.07) is 2.11. The van der Waals surface area contributed by atoms with E-state index in [0.29, 0.717) is 0 Å². The van der Waals surface area contributed by atoms with E-state index in [9.17, 15) is 27.2 Å². The number of carbonyl (C=O) groups excluding carboxylic acids is 1. The van der Waals surface area contributed by atoms with E-state index in [2.05, 4.69) is 0 Å². The molecule has 0 fully saturated rings. The summed E-state index contributed by atoms with van der Waals surface area (Å²) >= 11 is 5.68. The van der Waals surface area contributed by atoms with Gasteiger partial charge in [-0.25, -0.2) is 18.4 Å². The van der Waals surface area contributed by atoms with Crippen LogP contribution in [0.15, 0.2) is 18.2 Å². The Hall–Kier alpha value is -2.03. The molecular weight excluding hydrogens is 320 g/mol. The van der Waals surface area contributed by atoms with Gasteiger partial charge in [0.1, 0.15) is 0 Å². The fourth-order valence-electron chi connectivity index (χ4n) is 1.19. The summed E-state index contributed by atoms with van der Waals surface area (Å²) < 4.78 is 48.9. The fraction of sp³-hybridized carbons (Fsp3) is 0.273. The molecular formula is C11H9ClF4N2O3. The van der Waals surface area contributed by atoms with Crippen molar-refractivity contribution in [2.75, 3.05) is 11.9 Å². The third-order valence-electron chi connectivity index (χ3n) is 2.27. The van der Waals surface area contributed by atoms with E-state index in [0.717, 1.165) is 18.2 Å². The van der Waals surface area contributed by atoms with E-state index < -0.39 is 30.9 Å². The lowest BCUT2D eigenvalue weighted by Gasteiger charge is -2.16. The highest BCUT2D eigenvalue weighted by Gasteiger charge is 2.40. The maximum absolute atomic E-state index is 12.6. The van der Waals surface area contributed by atoms with Gasteiger partial charge in [-0.3, -0.25) is 0 Å². The van der Waals surface area contributed by atoms with Crippen molar-refractivity contribution in [1.29, 1.82) is 0 Å². The van der Waals surface area contributed by atoms with Gasteiger partial charge in [0.15, 0.2) is 0 Å². The Balaban J connectivity index is 2.66. The monoisotopic (exact) mass is 328 g/mol. The SMILES string of the molecule is O=C(NCC(F)(F)C(F)F)Nc1ccc(C(=O)O)cc1Cl. The Bertz CT molecular complexity index is 554. The third-order valence-corrected chi connectivity index (χ3v) is 2.58. The van der Waals surface area contributed by atoms with Crippen molar-refractivity contribution < 1.29 is 32.3 Å². The molecule has 0 radical (unpaired) electrons. The van der Waals surface area contributed by atoms with E-state index in [4.69, 9.17) is 16.7 Å². The predicted molar refractivity (Wildman–Crippen MR) is 66.4 cm³/mol. The first-order valence-electron chi connectivity index (χ1n) is 5.37. The average Bonchev–Trinajstić information content (AvgIpc) is 2.38. The molecule has 0 heterocycles. The van der Waals surface area contributed by atoms with Gasteiger partial charge in [0.25, 0.3) is 0 Å². The van der Waals surface area contributed by atoms with Crippen LogP contribution in [0.4, 0.5) is 28.0 Å². The largest absolute Gasteiger partial charge is 0.478 e. The molecule has 0 saturated heterocycles. The maximum Gasteiger partial charge on any atom is 0.335 e. The van der Waals surface area contributed by atoms with Gasteiger partial charge in [-0.1, -0.05) is 11.6 Å². The number of halogens is 5. The number of hydrogen-bond donors (Lipinski definition) is 3. The summed E-state index contributed by atoms with van der Waals surface area (Å²) in [7, 11) is 0. The first-order chi connectivity index (χ1) is 9.63. The summed E-state index contributed by atoms with van der Waals surface area (Å²) in [6.07, 6.45) is -3.91. The number of aromatic carboxylic acids is 1. The Morgan fingerprint density at radius 2 is 1.95 bits per heavy atom. The molecule has 116 valence electrons. The maximum atomic E-state index is 12.6. The molecule has 1 aromatic rings. The number of carboxylic acid groups (broad SMARTS) is 1. The first kappa shape index (κ1) is 17.0. The van der Waals surface area contributed by atoms with Crippen LogP contribution in [0.25, 0.3) is 0 Å². The van der Waals surface area contributed by atoms with Crippen LogP contribution in [-0.2, 0) is 0 Å². The molecule has 0 unspecified atom stereocenters. The van der Waals surface area contributed by atoms with Gasteiger partial charge in [0.2, 0.25) is 0 Å².